The zero-order valence-electron chi connectivity index (χ0n) is 9.80. The molecule has 1 aromatic carbocycles. The van der Waals surface area contributed by atoms with E-state index < -0.39 is 0 Å². The Hall–Kier alpha value is -1.42. The Morgan fingerprint density at radius 2 is 2.12 bits per heavy atom. The van der Waals surface area contributed by atoms with Crippen molar-refractivity contribution in [1.82, 2.24) is 0 Å². The number of hydrogen-bond acceptors (Lipinski definition) is 4. The maximum absolute atomic E-state index is 10.3. The Bertz CT molecular complexity index is 351. The van der Waals surface area contributed by atoms with Gasteiger partial charge in [0.2, 0.25) is 0 Å². The number of rotatable bonds is 6. The molecule has 0 aliphatic carbocycles. The molecule has 0 aromatic heterocycles. The van der Waals surface area contributed by atoms with Gasteiger partial charge in [-0.25, -0.2) is 0 Å². The minimum Gasteiger partial charge on any atom is -0.457 e. The normalized spacial score (nSPS) is 11.6. The lowest BCUT2D eigenvalue weighted by Crippen LogP contribution is -2.12. The van der Waals surface area contributed by atoms with Gasteiger partial charge in [0, 0.05) is 18.6 Å². The van der Waals surface area contributed by atoms with E-state index in [4.69, 9.17) is 21.7 Å². The summed E-state index contributed by atoms with van der Waals surface area (Å²) in [4.78, 5) is 10.3. The number of carbonyl (C=O) groups is 1. The summed E-state index contributed by atoms with van der Waals surface area (Å²) in [5, 5.41) is 0.120. The topological polar surface area (TPSA) is 35.5 Å². The first-order valence-electron chi connectivity index (χ1n) is 5.55. The standard InChI is InChI=1S/C13H16O3S/c1-11(7-9-14)8-10-15-13(17)16-12-5-3-2-4-6-12/h2-6,9,11H,7-8,10H2,1H3/t11-/m0/s1. The van der Waals surface area contributed by atoms with Crippen LogP contribution in [0, 0.1) is 5.92 Å². The molecule has 17 heavy (non-hydrogen) atoms. The summed E-state index contributed by atoms with van der Waals surface area (Å²) in [6, 6.07) is 9.25. The molecule has 4 heteroatoms. The minimum absolute atomic E-state index is 0.120. The highest BCUT2D eigenvalue weighted by atomic mass is 32.1. The molecule has 0 heterocycles. The fraction of sp³-hybridized carbons (Fsp3) is 0.385. The Labute approximate surface area is 107 Å². The Kier molecular flexibility index (Phi) is 6.25. The molecule has 0 aliphatic rings. The molecule has 1 rings (SSSR count). The molecule has 0 saturated carbocycles. The molecule has 0 unspecified atom stereocenters. The molecular formula is C13H16O3S. The average Bonchev–Trinajstić information content (AvgIpc) is 2.30. The second-order valence-electron chi connectivity index (χ2n) is 3.81. The summed E-state index contributed by atoms with van der Waals surface area (Å²) in [5.41, 5.74) is 0. The van der Waals surface area contributed by atoms with Crippen LogP contribution >= 0.6 is 12.2 Å². The van der Waals surface area contributed by atoms with Gasteiger partial charge in [-0.05, 0) is 24.5 Å². The summed E-state index contributed by atoms with van der Waals surface area (Å²) >= 11 is 4.94. The first-order chi connectivity index (χ1) is 8.22. The van der Waals surface area contributed by atoms with Crippen molar-refractivity contribution in [2.75, 3.05) is 6.61 Å². The van der Waals surface area contributed by atoms with Crippen LogP contribution in [0.1, 0.15) is 19.8 Å². The first-order valence-corrected chi connectivity index (χ1v) is 5.96. The van der Waals surface area contributed by atoms with Crippen LogP contribution in [0.2, 0.25) is 0 Å². The zero-order chi connectivity index (χ0) is 12.5. The van der Waals surface area contributed by atoms with E-state index in [1.165, 1.54) is 0 Å². The molecule has 1 atom stereocenters. The highest BCUT2D eigenvalue weighted by Gasteiger charge is 2.04. The van der Waals surface area contributed by atoms with Gasteiger partial charge in [-0.2, -0.15) is 0 Å². The third kappa shape index (κ3) is 6.02. The fourth-order valence-corrected chi connectivity index (χ4v) is 1.42. The summed E-state index contributed by atoms with van der Waals surface area (Å²) in [5.74, 6) is 0.977. The largest absolute Gasteiger partial charge is 0.457 e. The van der Waals surface area contributed by atoms with Crippen LogP contribution in [-0.4, -0.2) is 18.1 Å². The average molecular weight is 252 g/mol. The number of benzene rings is 1. The van der Waals surface area contributed by atoms with Gasteiger partial charge in [0.1, 0.15) is 12.0 Å². The molecule has 0 radical (unpaired) electrons. The number of para-hydroxylation sites is 1. The second-order valence-corrected chi connectivity index (χ2v) is 4.14. The Balaban J connectivity index is 2.20. The predicted molar refractivity (Wildman–Crippen MR) is 70.1 cm³/mol. The van der Waals surface area contributed by atoms with Crippen molar-refractivity contribution in [3.8, 4) is 5.75 Å². The zero-order valence-corrected chi connectivity index (χ0v) is 10.6. The van der Waals surface area contributed by atoms with Gasteiger partial charge >= 0.3 is 5.24 Å². The molecule has 0 fully saturated rings. The maximum Gasteiger partial charge on any atom is 0.357 e. The van der Waals surface area contributed by atoms with Crippen LogP contribution in [0.5, 0.6) is 5.75 Å². The second kappa shape index (κ2) is 7.79. The number of hydrogen-bond donors (Lipinski definition) is 0. The maximum atomic E-state index is 10.3. The van der Waals surface area contributed by atoms with Crippen LogP contribution < -0.4 is 4.74 Å². The van der Waals surface area contributed by atoms with Crippen LogP contribution in [0.3, 0.4) is 0 Å². The molecule has 0 spiro atoms. The quantitative estimate of drug-likeness (QED) is 0.576. The molecule has 0 aliphatic heterocycles. The minimum atomic E-state index is 0.120. The molecule has 92 valence electrons. The number of ether oxygens (including phenoxy) is 2. The summed E-state index contributed by atoms with van der Waals surface area (Å²) in [6.07, 6.45) is 2.26. The van der Waals surface area contributed by atoms with Crippen molar-refractivity contribution in [3.05, 3.63) is 30.3 Å². The lowest BCUT2D eigenvalue weighted by Gasteiger charge is -2.10. The summed E-state index contributed by atoms with van der Waals surface area (Å²) < 4.78 is 10.6. The van der Waals surface area contributed by atoms with Crippen molar-refractivity contribution in [2.45, 2.75) is 19.8 Å². The summed E-state index contributed by atoms with van der Waals surface area (Å²) in [7, 11) is 0. The van der Waals surface area contributed by atoms with Crippen LogP contribution in [0.4, 0.5) is 0 Å². The molecular weight excluding hydrogens is 236 g/mol. The third-order valence-corrected chi connectivity index (χ3v) is 2.47. The van der Waals surface area contributed by atoms with E-state index in [2.05, 4.69) is 0 Å². The van der Waals surface area contributed by atoms with E-state index in [0.717, 1.165) is 12.7 Å². The van der Waals surface area contributed by atoms with Crippen molar-refractivity contribution >= 4 is 23.7 Å². The van der Waals surface area contributed by atoms with Crippen LogP contribution in [0.15, 0.2) is 30.3 Å². The molecule has 0 amide bonds. The highest BCUT2D eigenvalue weighted by Crippen LogP contribution is 2.10. The van der Waals surface area contributed by atoms with Gasteiger partial charge in [-0.1, -0.05) is 25.1 Å². The van der Waals surface area contributed by atoms with Gasteiger partial charge in [-0.3, -0.25) is 0 Å². The predicted octanol–water partition coefficient (Wildman–Crippen LogP) is 2.98. The van der Waals surface area contributed by atoms with E-state index in [1.54, 1.807) is 0 Å². The van der Waals surface area contributed by atoms with E-state index >= 15 is 0 Å². The smallest absolute Gasteiger partial charge is 0.357 e. The molecule has 3 nitrogen and oxygen atoms in total. The van der Waals surface area contributed by atoms with Crippen LogP contribution in [0.25, 0.3) is 0 Å². The van der Waals surface area contributed by atoms with E-state index in [1.807, 2.05) is 37.3 Å². The number of carbonyl (C=O) groups excluding carboxylic acids is 1. The van der Waals surface area contributed by atoms with Crippen molar-refractivity contribution in [1.29, 1.82) is 0 Å². The fourth-order valence-electron chi connectivity index (χ4n) is 1.24. The first kappa shape index (κ1) is 13.6. The van der Waals surface area contributed by atoms with Crippen molar-refractivity contribution in [2.24, 2.45) is 5.92 Å². The molecule has 0 N–H and O–H groups in total. The van der Waals surface area contributed by atoms with Gasteiger partial charge in [0.25, 0.3) is 0 Å². The molecule has 0 saturated heterocycles. The van der Waals surface area contributed by atoms with Gasteiger partial charge in [0.05, 0.1) is 6.61 Å². The Morgan fingerprint density at radius 1 is 1.41 bits per heavy atom. The number of thiocarbonyl (C=S) groups is 1. The van der Waals surface area contributed by atoms with Gasteiger partial charge in [0.15, 0.2) is 0 Å². The van der Waals surface area contributed by atoms with E-state index in [0.29, 0.717) is 24.7 Å². The van der Waals surface area contributed by atoms with Crippen molar-refractivity contribution < 1.29 is 14.3 Å². The van der Waals surface area contributed by atoms with Crippen molar-refractivity contribution in [3.63, 3.8) is 0 Å². The van der Waals surface area contributed by atoms with E-state index in [-0.39, 0.29) is 5.24 Å². The Morgan fingerprint density at radius 3 is 2.76 bits per heavy atom. The highest BCUT2D eigenvalue weighted by molar-refractivity contribution is 7.79. The summed E-state index contributed by atoms with van der Waals surface area (Å²) in [6.45, 7) is 2.47. The van der Waals surface area contributed by atoms with Crippen LogP contribution in [-0.2, 0) is 9.53 Å². The SMILES string of the molecule is C[C@@H](CC=O)CCOC(=S)Oc1ccccc1. The third-order valence-electron chi connectivity index (χ3n) is 2.27. The lowest BCUT2D eigenvalue weighted by molar-refractivity contribution is -0.108. The lowest BCUT2D eigenvalue weighted by atomic mass is 10.1. The monoisotopic (exact) mass is 252 g/mol. The molecule has 1 aromatic rings. The van der Waals surface area contributed by atoms with Gasteiger partial charge < -0.3 is 14.3 Å². The molecule has 0 bridgehead atoms. The number of aldehydes is 1. The van der Waals surface area contributed by atoms with E-state index in [9.17, 15) is 4.79 Å². The van der Waals surface area contributed by atoms with Gasteiger partial charge in [-0.15, -0.1) is 0 Å².